The smallest absolute Gasteiger partial charge is 0.249 e. The van der Waals surface area contributed by atoms with Crippen molar-refractivity contribution in [1.82, 2.24) is 9.62 Å². The summed E-state index contributed by atoms with van der Waals surface area (Å²) in [5.74, 6) is 0.258. The summed E-state index contributed by atoms with van der Waals surface area (Å²) in [5.41, 5.74) is 1.79. The third-order valence-electron chi connectivity index (χ3n) is 4.60. The number of rotatable bonds is 7. The summed E-state index contributed by atoms with van der Waals surface area (Å²) in [6.07, 6.45) is 2.13. The summed E-state index contributed by atoms with van der Waals surface area (Å²) in [7, 11) is -3.76. The van der Waals surface area contributed by atoms with Crippen LogP contribution in [0.5, 0.6) is 0 Å². The summed E-state index contributed by atoms with van der Waals surface area (Å²) < 4.78 is 27.4. The van der Waals surface area contributed by atoms with Gasteiger partial charge in [0.2, 0.25) is 15.9 Å². The number of carbonyl (C=O) groups excluding carboxylic acids is 1. The lowest BCUT2D eigenvalue weighted by Crippen LogP contribution is -2.45. The highest BCUT2D eigenvalue weighted by Crippen LogP contribution is 2.31. The molecule has 1 heterocycles. The molecule has 147 valence electrons. The molecule has 0 spiro atoms. The van der Waals surface area contributed by atoms with Crippen LogP contribution in [0.15, 0.2) is 66.1 Å². The number of sulfonamides is 1. The number of hydrogen-bond donors (Lipinski definition) is 1. The SMILES string of the molecule is [CH2]C[C@H](NC(=O)[C@@H]1SCCN1S(=O)(=O)c1ccc(C=C)cc1)c1ccccc1. The second kappa shape index (κ2) is 8.94. The molecule has 0 aliphatic carbocycles. The van der Waals surface area contributed by atoms with Crippen LogP contribution in [0.4, 0.5) is 0 Å². The fourth-order valence-electron chi connectivity index (χ4n) is 3.07. The Balaban J connectivity index is 1.79. The fraction of sp³-hybridized carbons (Fsp3) is 0.238. The number of benzene rings is 2. The lowest BCUT2D eigenvalue weighted by Gasteiger charge is -2.25. The van der Waals surface area contributed by atoms with E-state index >= 15 is 0 Å². The Morgan fingerprint density at radius 2 is 1.89 bits per heavy atom. The lowest BCUT2D eigenvalue weighted by atomic mass is 10.0. The molecule has 2 atom stereocenters. The summed E-state index contributed by atoms with van der Waals surface area (Å²) in [5, 5.41) is 2.17. The van der Waals surface area contributed by atoms with Crippen molar-refractivity contribution in [3.8, 4) is 0 Å². The van der Waals surface area contributed by atoms with Gasteiger partial charge in [0.15, 0.2) is 0 Å². The molecule has 1 saturated heterocycles. The molecule has 1 aliphatic rings. The van der Waals surface area contributed by atoms with Gasteiger partial charge < -0.3 is 5.32 Å². The molecule has 1 radical (unpaired) electrons. The maximum absolute atomic E-state index is 13.1. The van der Waals surface area contributed by atoms with Gasteiger partial charge in [0.05, 0.1) is 10.9 Å². The Hall–Kier alpha value is -2.09. The van der Waals surface area contributed by atoms with Gasteiger partial charge in [-0.15, -0.1) is 11.8 Å². The number of hydrogen-bond acceptors (Lipinski definition) is 4. The average Bonchev–Trinajstić information content (AvgIpc) is 3.23. The minimum atomic E-state index is -3.76. The number of amides is 1. The first-order valence-electron chi connectivity index (χ1n) is 8.98. The van der Waals surface area contributed by atoms with Crippen molar-refractivity contribution in [2.24, 2.45) is 0 Å². The Morgan fingerprint density at radius 1 is 1.21 bits per heavy atom. The molecule has 1 amide bonds. The lowest BCUT2D eigenvalue weighted by molar-refractivity contribution is -0.122. The number of carbonyl (C=O) groups is 1. The molecular weight excluding hydrogens is 392 g/mol. The van der Waals surface area contributed by atoms with Gasteiger partial charge in [-0.2, -0.15) is 4.31 Å². The van der Waals surface area contributed by atoms with Crippen molar-refractivity contribution in [1.29, 1.82) is 0 Å². The topological polar surface area (TPSA) is 66.5 Å². The summed E-state index contributed by atoms with van der Waals surface area (Å²) in [6.45, 7) is 7.89. The molecule has 7 heteroatoms. The number of thioether (sulfide) groups is 1. The highest BCUT2D eigenvalue weighted by atomic mass is 32.2. The first kappa shape index (κ1) is 20.6. The molecule has 5 nitrogen and oxygen atoms in total. The van der Waals surface area contributed by atoms with Gasteiger partial charge in [-0.1, -0.05) is 62.0 Å². The Morgan fingerprint density at radius 3 is 2.50 bits per heavy atom. The maximum Gasteiger partial charge on any atom is 0.249 e. The van der Waals surface area contributed by atoms with E-state index in [1.54, 1.807) is 30.3 Å². The van der Waals surface area contributed by atoms with Gasteiger partial charge >= 0.3 is 0 Å². The summed E-state index contributed by atoms with van der Waals surface area (Å²) >= 11 is 1.33. The minimum Gasteiger partial charge on any atom is -0.347 e. The molecule has 0 saturated carbocycles. The quantitative estimate of drug-likeness (QED) is 0.752. The number of nitrogens with one attached hydrogen (secondary N) is 1. The molecule has 2 aromatic carbocycles. The van der Waals surface area contributed by atoms with E-state index < -0.39 is 15.4 Å². The molecule has 2 aromatic rings. The molecule has 1 N–H and O–H groups in total. The van der Waals surface area contributed by atoms with E-state index in [4.69, 9.17) is 0 Å². The van der Waals surface area contributed by atoms with Crippen LogP contribution in [0.3, 0.4) is 0 Å². The van der Waals surface area contributed by atoms with Crippen LogP contribution in [-0.4, -0.2) is 36.3 Å². The highest BCUT2D eigenvalue weighted by Gasteiger charge is 2.40. The first-order chi connectivity index (χ1) is 13.5. The van der Waals surface area contributed by atoms with E-state index in [1.807, 2.05) is 30.3 Å². The van der Waals surface area contributed by atoms with Crippen molar-refractivity contribution >= 4 is 33.8 Å². The first-order valence-corrected chi connectivity index (χ1v) is 11.5. The van der Waals surface area contributed by atoms with E-state index in [1.165, 1.54) is 16.1 Å². The van der Waals surface area contributed by atoms with Gasteiger partial charge in [-0.25, -0.2) is 8.42 Å². The van der Waals surface area contributed by atoms with Gasteiger partial charge in [0.1, 0.15) is 5.37 Å². The van der Waals surface area contributed by atoms with Crippen molar-refractivity contribution in [3.63, 3.8) is 0 Å². The van der Waals surface area contributed by atoms with Crippen LogP contribution in [0.2, 0.25) is 0 Å². The van der Waals surface area contributed by atoms with Crippen LogP contribution in [-0.2, 0) is 14.8 Å². The van der Waals surface area contributed by atoms with Crippen LogP contribution in [0, 0.1) is 6.92 Å². The molecule has 1 fully saturated rings. The van der Waals surface area contributed by atoms with Gasteiger partial charge in [0, 0.05) is 12.3 Å². The van der Waals surface area contributed by atoms with Crippen molar-refractivity contribution in [2.45, 2.75) is 22.7 Å². The summed E-state index contributed by atoms with van der Waals surface area (Å²) in [4.78, 5) is 13.1. The Labute approximate surface area is 170 Å². The van der Waals surface area contributed by atoms with Crippen LogP contribution in [0.1, 0.15) is 23.6 Å². The second-order valence-corrected chi connectivity index (χ2v) is 9.45. The summed E-state index contributed by atoms with van der Waals surface area (Å²) in [6, 6.07) is 15.8. The monoisotopic (exact) mass is 415 g/mol. The molecule has 3 rings (SSSR count). The van der Waals surface area contributed by atoms with Crippen LogP contribution >= 0.6 is 11.8 Å². The van der Waals surface area contributed by atoms with Gasteiger partial charge in [-0.05, 0) is 29.7 Å². The van der Waals surface area contributed by atoms with Crippen LogP contribution in [0.25, 0.3) is 6.08 Å². The van der Waals surface area contributed by atoms with Crippen molar-refractivity contribution in [3.05, 3.63) is 79.2 Å². The fourth-order valence-corrected chi connectivity index (χ4v) is 6.15. The zero-order valence-electron chi connectivity index (χ0n) is 15.5. The molecule has 0 aromatic heterocycles. The third-order valence-corrected chi connectivity index (χ3v) is 7.82. The van der Waals surface area contributed by atoms with Gasteiger partial charge in [-0.3, -0.25) is 4.79 Å². The minimum absolute atomic E-state index is 0.176. The maximum atomic E-state index is 13.1. The standard InChI is InChI=1S/C21H23N2O3S2/c1-3-16-10-12-18(13-11-16)28(25,26)23-14-15-27-21(23)20(24)22-19(4-2)17-8-6-5-7-9-17/h3,5-13,19,21H,1-2,4,14-15H2,(H,22,24)/t19-,21-/m0/s1. The Bertz CT molecular complexity index is 928. The van der Waals surface area contributed by atoms with Crippen LogP contribution < -0.4 is 5.32 Å². The predicted octanol–water partition coefficient (Wildman–Crippen LogP) is 3.47. The molecule has 0 unspecified atom stereocenters. The van der Waals surface area contributed by atoms with E-state index in [9.17, 15) is 13.2 Å². The zero-order valence-corrected chi connectivity index (χ0v) is 17.1. The van der Waals surface area contributed by atoms with Crippen molar-refractivity contribution < 1.29 is 13.2 Å². The predicted molar refractivity (Wildman–Crippen MR) is 114 cm³/mol. The van der Waals surface area contributed by atoms with Gasteiger partial charge in [0.25, 0.3) is 0 Å². The molecule has 28 heavy (non-hydrogen) atoms. The van der Waals surface area contributed by atoms with E-state index in [2.05, 4.69) is 18.8 Å². The second-order valence-electron chi connectivity index (χ2n) is 6.37. The Kier molecular flexibility index (Phi) is 6.59. The zero-order chi connectivity index (χ0) is 20.1. The van der Waals surface area contributed by atoms with Crippen molar-refractivity contribution in [2.75, 3.05) is 12.3 Å². The van der Waals surface area contributed by atoms with E-state index in [0.717, 1.165) is 11.1 Å². The number of nitrogens with zero attached hydrogens (tertiary/aromatic N) is 1. The largest absolute Gasteiger partial charge is 0.347 e. The third kappa shape index (κ3) is 4.32. The highest BCUT2D eigenvalue weighted by molar-refractivity contribution is 8.02. The average molecular weight is 416 g/mol. The molecular formula is C21H23N2O3S2. The molecule has 1 aliphatic heterocycles. The van der Waals surface area contributed by atoms with E-state index in [0.29, 0.717) is 18.7 Å². The normalized spacial score (nSPS) is 18.5. The van der Waals surface area contributed by atoms with E-state index in [-0.39, 0.29) is 16.8 Å². The molecule has 0 bridgehead atoms.